The predicted molar refractivity (Wildman–Crippen MR) is 108 cm³/mol. The molecule has 11 heteroatoms. The molecule has 0 aliphatic carbocycles. The van der Waals surface area contributed by atoms with E-state index in [9.17, 15) is 17.6 Å². The minimum atomic E-state index is -3.60. The van der Waals surface area contributed by atoms with Crippen molar-refractivity contribution in [1.82, 2.24) is 19.0 Å². The average Bonchev–Trinajstić information content (AvgIpc) is 3.30. The highest BCUT2D eigenvalue weighted by Gasteiger charge is 2.33. The van der Waals surface area contributed by atoms with E-state index in [0.29, 0.717) is 28.7 Å². The van der Waals surface area contributed by atoms with Crippen LogP contribution in [0.3, 0.4) is 0 Å². The third kappa shape index (κ3) is 3.98. The summed E-state index contributed by atoms with van der Waals surface area (Å²) in [6, 6.07) is 6.21. The maximum atomic E-state index is 13.8. The normalized spacial score (nSPS) is 19.8. The maximum absolute atomic E-state index is 13.8. The second kappa shape index (κ2) is 7.73. The van der Waals surface area contributed by atoms with Crippen molar-refractivity contribution >= 4 is 38.9 Å². The Bertz CT molecular complexity index is 1120. The number of rotatable bonds is 3. The Morgan fingerprint density at radius 2 is 1.90 bits per heavy atom. The van der Waals surface area contributed by atoms with E-state index in [1.54, 1.807) is 25.2 Å². The van der Waals surface area contributed by atoms with Crippen molar-refractivity contribution in [3.05, 3.63) is 52.9 Å². The van der Waals surface area contributed by atoms with Gasteiger partial charge in [0, 0.05) is 45.0 Å². The number of hydrogen-bond donors (Lipinski definition) is 0. The van der Waals surface area contributed by atoms with E-state index in [2.05, 4.69) is 10.1 Å². The van der Waals surface area contributed by atoms with Crippen LogP contribution in [0.15, 0.2) is 51.5 Å². The van der Waals surface area contributed by atoms with Gasteiger partial charge < -0.3 is 4.90 Å². The Labute approximate surface area is 171 Å². The van der Waals surface area contributed by atoms with Crippen LogP contribution in [0.25, 0.3) is 6.08 Å². The number of thioether (sulfide) groups is 1. The summed E-state index contributed by atoms with van der Waals surface area (Å²) in [6.45, 7) is 1.37. The number of aliphatic imine (C=N–C) groups is 1. The van der Waals surface area contributed by atoms with Crippen LogP contribution < -0.4 is 0 Å². The van der Waals surface area contributed by atoms with Crippen molar-refractivity contribution in [2.24, 2.45) is 12.0 Å². The molecule has 0 unspecified atom stereocenters. The molecule has 29 heavy (non-hydrogen) atoms. The van der Waals surface area contributed by atoms with Gasteiger partial charge in [0.2, 0.25) is 10.0 Å². The Balaban J connectivity index is 1.42. The van der Waals surface area contributed by atoms with Crippen molar-refractivity contribution in [3.8, 4) is 0 Å². The van der Waals surface area contributed by atoms with Gasteiger partial charge in [0.05, 0.1) is 11.1 Å². The molecule has 0 radical (unpaired) electrons. The first kappa shape index (κ1) is 19.8. The van der Waals surface area contributed by atoms with Crippen molar-refractivity contribution in [1.29, 1.82) is 0 Å². The van der Waals surface area contributed by atoms with Gasteiger partial charge in [-0.2, -0.15) is 14.4 Å². The number of aromatic nitrogens is 2. The lowest BCUT2D eigenvalue weighted by Gasteiger charge is -2.34. The summed E-state index contributed by atoms with van der Waals surface area (Å²) < 4.78 is 42.1. The topological polar surface area (TPSA) is 87.9 Å². The zero-order valence-corrected chi connectivity index (χ0v) is 17.2. The van der Waals surface area contributed by atoms with Gasteiger partial charge in [0.1, 0.15) is 10.7 Å². The lowest BCUT2D eigenvalue weighted by Crippen LogP contribution is -2.49. The van der Waals surface area contributed by atoms with Gasteiger partial charge in [-0.3, -0.25) is 9.48 Å². The largest absolute Gasteiger partial charge is 0.348 e. The van der Waals surface area contributed by atoms with Gasteiger partial charge in [-0.05, 0) is 23.9 Å². The van der Waals surface area contributed by atoms with E-state index in [4.69, 9.17) is 0 Å². The number of sulfonamides is 1. The Kier molecular flexibility index (Phi) is 5.28. The van der Waals surface area contributed by atoms with Crippen LogP contribution in [-0.4, -0.2) is 64.7 Å². The lowest BCUT2D eigenvalue weighted by molar-refractivity contribution is -0.113. The first-order chi connectivity index (χ1) is 13.8. The minimum absolute atomic E-state index is 0.159. The van der Waals surface area contributed by atoms with E-state index in [0.717, 1.165) is 0 Å². The molecule has 4 rings (SSSR count). The summed E-state index contributed by atoms with van der Waals surface area (Å²) in [5.74, 6) is -0.824. The predicted octanol–water partition coefficient (Wildman–Crippen LogP) is 1.54. The van der Waals surface area contributed by atoms with Gasteiger partial charge in [0.25, 0.3) is 5.91 Å². The molecular weight excluding hydrogens is 417 g/mol. The zero-order valence-electron chi connectivity index (χ0n) is 15.5. The lowest BCUT2D eigenvalue weighted by atomic mass is 10.2. The van der Waals surface area contributed by atoms with Crippen LogP contribution in [0.5, 0.6) is 0 Å². The second-order valence-corrected chi connectivity index (χ2v) is 9.52. The molecule has 0 spiro atoms. The van der Waals surface area contributed by atoms with Crippen LogP contribution in [0.2, 0.25) is 0 Å². The second-order valence-electron chi connectivity index (χ2n) is 6.57. The van der Waals surface area contributed by atoms with E-state index in [-0.39, 0.29) is 18.0 Å². The molecule has 1 amide bonds. The van der Waals surface area contributed by atoms with Gasteiger partial charge >= 0.3 is 0 Å². The summed E-state index contributed by atoms with van der Waals surface area (Å²) in [5, 5.41) is 4.43. The third-order valence-electron chi connectivity index (χ3n) is 4.63. The standard InChI is InChI=1S/C18H18FN5O3S2/c1-22-12-14(11-20-22)29(26,27)24-8-6-23(7-9-24)18-21-17(25)16(28-18)10-13-4-2-3-5-15(13)19/h2-5,10-12H,6-9H2,1H3. The van der Waals surface area contributed by atoms with E-state index >= 15 is 0 Å². The number of halogens is 1. The first-order valence-electron chi connectivity index (χ1n) is 8.85. The molecule has 2 aliphatic heterocycles. The minimum Gasteiger partial charge on any atom is -0.348 e. The number of piperazine rings is 1. The number of hydrogen-bond acceptors (Lipinski definition) is 6. The van der Waals surface area contributed by atoms with E-state index in [1.165, 1.54) is 45.3 Å². The molecular formula is C18H18FN5O3S2. The summed E-state index contributed by atoms with van der Waals surface area (Å²) in [7, 11) is -1.94. The SMILES string of the molecule is Cn1cc(S(=O)(=O)N2CCN(C3=NC(=O)C(=Cc4ccccc4F)S3)CC2)cn1. The van der Waals surface area contributed by atoms with Gasteiger partial charge in [-0.15, -0.1) is 0 Å². The molecule has 0 bridgehead atoms. The van der Waals surface area contributed by atoms with Crippen molar-refractivity contribution in [3.63, 3.8) is 0 Å². The molecule has 3 heterocycles. The fourth-order valence-corrected chi connectivity index (χ4v) is 5.43. The van der Waals surface area contributed by atoms with Crippen LogP contribution in [0.4, 0.5) is 4.39 Å². The molecule has 2 aromatic rings. The van der Waals surface area contributed by atoms with Crippen molar-refractivity contribution in [2.45, 2.75) is 4.90 Å². The summed E-state index contributed by atoms with van der Waals surface area (Å²) in [4.78, 5) is 18.7. The molecule has 1 saturated heterocycles. The van der Waals surface area contributed by atoms with E-state index in [1.807, 2.05) is 4.90 Å². The Morgan fingerprint density at radius 3 is 2.55 bits per heavy atom. The smallest absolute Gasteiger partial charge is 0.286 e. The molecule has 0 N–H and O–H groups in total. The fraction of sp³-hybridized carbons (Fsp3) is 0.278. The molecule has 0 saturated carbocycles. The van der Waals surface area contributed by atoms with Crippen LogP contribution in [-0.2, 0) is 21.9 Å². The summed E-state index contributed by atoms with van der Waals surface area (Å²) >= 11 is 1.18. The quantitative estimate of drug-likeness (QED) is 0.680. The van der Waals surface area contributed by atoms with E-state index < -0.39 is 21.7 Å². The third-order valence-corrected chi connectivity index (χ3v) is 7.53. The fourth-order valence-electron chi connectivity index (χ4n) is 3.07. The number of benzene rings is 1. The van der Waals surface area contributed by atoms with Crippen LogP contribution in [0.1, 0.15) is 5.56 Å². The number of aryl methyl sites for hydroxylation is 1. The molecule has 0 atom stereocenters. The molecule has 152 valence electrons. The molecule has 2 aliphatic rings. The van der Waals surface area contributed by atoms with Crippen molar-refractivity contribution in [2.75, 3.05) is 26.2 Å². The highest BCUT2D eigenvalue weighted by Crippen LogP contribution is 2.31. The molecule has 1 fully saturated rings. The highest BCUT2D eigenvalue weighted by molar-refractivity contribution is 8.18. The zero-order chi connectivity index (χ0) is 20.6. The summed E-state index contributed by atoms with van der Waals surface area (Å²) in [6.07, 6.45) is 4.29. The number of amides is 1. The van der Waals surface area contributed by atoms with Crippen LogP contribution in [0, 0.1) is 5.82 Å². The highest BCUT2D eigenvalue weighted by atomic mass is 32.2. The molecule has 1 aromatic heterocycles. The maximum Gasteiger partial charge on any atom is 0.286 e. The number of nitrogens with zero attached hydrogens (tertiary/aromatic N) is 5. The monoisotopic (exact) mass is 435 g/mol. The van der Waals surface area contributed by atoms with Crippen LogP contribution >= 0.6 is 11.8 Å². The van der Waals surface area contributed by atoms with Gasteiger partial charge in [0.15, 0.2) is 5.17 Å². The Hall–Kier alpha value is -2.50. The summed E-state index contributed by atoms with van der Waals surface area (Å²) in [5.41, 5.74) is 0.326. The number of amidine groups is 1. The number of carbonyl (C=O) groups is 1. The number of carbonyl (C=O) groups excluding carboxylic acids is 1. The average molecular weight is 436 g/mol. The van der Waals surface area contributed by atoms with Crippen molar-refractivity contribution < 1.29 is 17.6 Å². The Morgan fingerprint density at radius 1 is 1.17 bits per heavy atom. The van der Waals surface area contributed by atoms with Gasteiger partial charge in [-0.25, -0.2) is 12.8 Å². The van der Waals surface area contributed by atoms with Gasteiger partial charge in [-0.1, -0.05) is 18.2 Å². The molecule has 1 aromatic carbocycles. The molecule has 8 nitrogen and oxygen atoms in total. The first-order valence-corrected chi connectivity index (χ1v) is 11.1.